The zero-order valence-electron chi connectivity index (χ0n) is 24.2. The first-order chi connectivity index (χ1) is 20.4. The van der Waals surface area contributed by atoms with Gasteiger partial charge in [0, 0.05) is 11.8 Å². The number of pyridine rings is 1. The average Bonchev–Trinajstić information content (AvgIpc) is 3.51. The quantitative estimate of drug-likeness (QED) is 0.192. The van der Waals surface area contributed by atoms with E-state index in [9.17, 15) is 9.59 Å². The first-order valence-electron chi connectivity index (χ1n) is 14.7. The molecular formula is C33H38F2N2O5. The topological polar surface area (TPSA) is 78.0 Å². The molecule has 3 aromatic rings. The molecule has 1 heterocycles. The smallest absolute Gasteiger partial charge is 0.415 e. The van der Waals surface area contributed by atoms with Gasteiger partial charge in [0.15, 0.2) is 11.6 Å². The first-order valence-corrected chi connectivity index (χ1v) is 14.7. The summed E-state index contributed by atoms with van der Waals surface area (Å²) in [6, 6.07) is 13.2. The number of rotatable bonds is 13. The highest BCUT2D eigenvalue weighted by Crippen LogP contribution is 2.36. The molecule has 1 aliphatic carbocycles. The normalized spacial score (nSPS) is 13.9. The molecule has 0 saturated heterocycles. The van der Waals surface area contributed by atoms with E-state index in [1.165, 1.54) is 25.7 Å². The highest BCUT2D eigenvalue weighted by molar-refractivity contribution is 5.96. The summed E-state index contributed by atoms with van der Waals surface area (Å²) in [4.78, 5) is 31.4. The Bertz CT molecular complexity index is 1310. The summed E-state index contributed by atoms with van der Waals surface area (Å²) in [5.74, 6) is -1.95. The van der Waals surface area contributed by atoms with Gasteiger partial charge in [-0.25, -0.2) is 23.4 Å². The van der Waals surface area contributed by atoms with Gasteiger partial charge in [-0.1, -0.05) is 69.4 Å². The van der Waals surface area contributed by atoms with E-state index in [1.54, 1.807) is 56.4 Å². The average molecular weight is 581 g/mol. The van der Waals surface area contributed by atoms with Crippen molar-refractivity contribution < 1.29 is 32.6 Å². The van der Waals surface area contributed by atoms with Crippen molar-refractivity contribution in [2.75, 3.05) is 18.1 Å². The summed E-state index contributed by atoms with van der Waals surface area (Å²) in [6.07, 6.45) is 6.79. The SMILES string of the molecule is CCCC(C(=O)OCC)N(C(=O)OCc1ccccc1)c1c(F)cc(-c2cccnc2OCCC2CCCC2)cc1F. The molecule has 224 valence electrons. The number of aromatic nitrogens is 1. The van der Waals surface area contributed by atoms with E-state index in [2.05, 4.69) is 4.98 Å². The predicted molar refractivity (Wildman–Crippen MR) is 156 cm³/mol. The maximum Gasteiger partial charge on any atom is 0.415 e. The molecule has 1 unspecified atom stereocenters. The summed E-state index contributed by atoms with van der Waals surface area (Å²) in [5.41, 5.74) is 0.610. The standard InChI is InChI=1S/C33H38F2N2O5/c1-3-11-29(32(38)40-4-2)37(33(39)42-22-24-14-6-5-7-15-24)30-27(34)20-25(21-28(30)35)26-16-10-18-36-31(26)41-19-17-23-12-8-9-13-23/h5-7,10,14-16,18,20-21,23,29H,3-4,8-9,11-13,17,19,22H2,1-2H3. The van der Waals surface area contributed by atoms with E-state index < -0.39 is 35.4 Å². The summed E-state index contributed by atoms with van der Waals surface area (Å²) in [7, 11) is 0. The van der Waals surface area contributed by atoms with Gasteiger partial charge >= 0.3 is 12.1 Å². The van der Waals surface area contributed by atoms with Crippen LogP contribution < -0.4 is 9.64 Å². The number of amides is 1. The number of halogens is 2. The van der Waals surface area contributed by atoms with Crippen LogP contribution in [0.5, 0.6) is 5.88 Å². The van der Waals surface area contributed by atoms with Crippen LogP contribution in [-0.4, -0.2) is 36.3 Å². The van der Waals surface area contributed by atoms with E-state index >= 15 is 8.78 Å². The van der Waals surface area contributed by atoms with Gasteiger partial charge in [0.2, 0.25) is 5.88 Å². The molecule has 0 N–H and O–H groups in total. The van der Waals surface area contributed by atoms with Gasteiger partial charge in [-0.2, -0.15) is 0 Å². The van der Waals surface area contributed by atoms with Crippen molar-refractivity contribution in [2.45, 2.75) is 71.4 Å². The number of carbonyl (C=O) groups is 2. The molecule has 1 aromatic heterocycles. The number of carbonyl (C=O) groups excluding carboxylic acids is 2. The second kappa shape index (κ2) is 15.3. The minimum atomic E-state index is -1.29. The van der Waals surface area contributed by atoms with Crippen LogP contribution in [0.2, 0.25) is 0 Å². The molecule has 2 aromatic carbocycles. The molecule has 0 aliphatic heterocycles. The number of nitrogens with zero attached hydrogens (tertiary/aromatic N) is 2. The Morgan fingerprint density at radius 1 is 1.00 bits per heavy atom. The number of hydrogen-bond donors (Lipinski definition) is 0. The van der Waals surface area contributed by atoms with E-state index in [4.69, 9.17) is 14.2 Å². The number of anilines is 1. The monoisotopic (exact) mass is 580 g/mol. The lowest BCUT2D eigenvalue weighted by Gasteiger charge is -2.30. The van der Waals surface area contributed by atoms with Crippen LogP contribution in [0.15, 0.2) is 60.8 Å². The van der Waals surface area contributed by atoms with Gasteiger partial charge in [-0.3, -0.25) is 4.90 Å². The third-order valence-corrected chi connectivity index (χ3v) is 7.41. The molecule has 0 spiro atoms. The van der Waals surface area contributed by atoms with Gasteiger partial charge in [0.05, 0.1) is 13.2 Å². The number of ether oxygens (including phenoxy) is 3. The second-order valence-corrected chi connectivity index (χ2v) is 10.4. The Balaban J connectivity index is 1.65. The Hall–Kier alpha value is -4.01. The molecule has 1 fully saturated rings. The zero-order valence-corrected chi connectivity index (χ0v) is 24.2. The summed E-state index contributed by atoms with van der Waals surface area (Å²) >= 11 is 0. The lowest BCUT2D eigenvalue weighted by molar-refractivity contribution is -0.144. The maximum absolute atomic E-state index is 15.9. The molecule has 4 rings (SSSR count). The zero-order chi connectivity index (χ0) is 29.9. The van der Waals surface area contributed by atoms with Crippen molar-refractivity contribution in [3.63, 3.8) is 0 Å². The first kappa shape index (κ1) is 30.9. The molecule has 1 aliphatic rings. The van der Waals surface area contributed by atoms with Crippen molar-refractivity contribution in [3.05, 3.63) is 78.0 Å². The fourth-order valence-corrected chi connectivity index (χ4v) is 5.33. The van der Waals surface area contributed by atoms with E-state index in [0.29, 0.717) is 30.1 Å². The maximum atomic E-state index is 15.9. The van der Waals surface area contributed by atoms with Crippen molar-refractivity contribution in [1.29, 1.82) is 0 Å². The van der Waals surface area contributed by atoms with Gasteiger partial charge < -0.3 is 14.2 Å². The summed E-state index contributed by atoms with van der Waals surface area (Å²) in [5, 5.41) is 0. The molecule has 1 amide bonds. The highest BCUT2D eigenvalue weighted by atomic mass is 19.1. The van der Waals surface area contributed by atoms with Crippen molar-refractivity contribution in [2.24, 2.45) is 5.92 Å². The Kier molecular flexibility index (Phi) is 11.3. The lowest BCUT2D eigenvalue weighted by Crippen LogP contribution is -2.47. The Morgan fingerprint density at radius 2 is 1.71 bits per heavy atom. The van der Waals surface area contributed by atoms with Crippen LogP contribution in [0.1, 0.15) is 64.4 Å². The predicted octanol–water partition coefficient (Wildman–Crippen LogP) is 7.86. The Labute approximate surface area is 245 Å². The molecule has 1 saturated carbocycles. The van der Waals surface area contributed by atoms with Crippen molar-refractivity contribution in [3.8, 4) is 17.0 Å². The third kappa shape index (κ3) is 7.84. The number of esters is 1. The van der Waals surface area contributed by atoms with Crippen molar-refractivity contribution >= 4 is 17.7 Å². The van der Waals surface area contributed by atoms with Crippen LogP contribution in [0.25, 0.3) is 11.1 Å². The van der Waals surface area contributed by atoms with Crippen LogP contribution in [0.3, 0.4) is 0 Å². The third-order valence-electron chi connectivity index (χ3n) is 7.41. The fraction of sp³-hybridized carbons (Fsp3) is 0.424. The highest BCUT2D eigenvalue weighted by Gasteiger charge is 2.37. The van der Waals surface area contributed by atoms with Crippen LogP contribution in [0, 0.1) is 17.6 Å². The molecule has 0 bridgehead atoms. The lowest BCUT2D eigenvalue weighted by atomic mass is 10.0. The number of hydrogen-bond acceptors (Lipinski definition) is 6. The largest absolute Gasteiger partial charge is 0.477 e. The van der Waals surface area contributed by atoms with Crippen molar-refractivity contribution in [1.82, 2.24) is 4.98 Å². The van der Waals surface area contributed by atoms with E-state index in [0.717, 1.165) is 23.5 Å². The van der Waals surface area contributed by atoms with Crippen LogP contribution in [-0.2, 0) is 20.9 Å². The van der Waals surface area contributed by atoms with Gasteiger partial charge in [-0.05, 0) is 61.1 Å². The minimum Gasteiger partial charge on any atom is -0.477 e. The Morgan fingerprint density at radius 3 is 2.38 bits per heavy atom. The van der Waals surface area contributed by atoms with Gasteiger partial charge in [-0.15, -0.1) is 0 Å². The summed E-state index contributed by atoms with van der Waals surface area (Å²) in [6.45, 7) is 3.77. The minimum absolute atomic E-state index is 0.0420. The van der Waals surface area contributed by atoms with Crippen LogP contribution in [0.4, 0.5) is 19.3 Å². The summed E-state index contributed by atoms with van der Waals surface area (Å²) < 4.78 is 48.4. The van der Waals surface area contributed by atoms with Crippen LogP contribution >= 0.6 is 0 Å². The van der Waals surface area contributed by atoms with E-state index in [-0.39, 0.29) is 31.1 Å². The molecule has 1 atom stereocenters. The van der Waals surface area contributed by atoms with Gasteiger partial charge in [0.1, 0.15) is 18.3 Å². The fourth-order valence-electron chi connectivity index (χ4n) is 5.33. The molecule has 7 nitrogen and oxygen atoms in total. The molecule has 42 heavy (non-hydrogen) atoms. The molecule has 9 heteroatoms. The van der Waals surface area contributed by atoms with E-state index in [1.807, 2.05) is 6.07 Å². The molecule has 0 radical (unpaired) electrons. The molecular weight excluding hydrogens is 542 g/mol. The van der Waals surface area contributed by atoms with Gasteiger partial charge in [0.25, 0.3) is 0 Å². The second-order valence-electron chi connectivity index (χ2n) is 10.4. The number of benzene rings is 2.